The first kappa shape index (κ1) is 16.8. The van der Waals surface area contributed by atoms with E-state index in [1.54, 1.807) is 7.11 Å². The maximum Gasteiger partial charge on any atom is 0.0587 e. The summed E-state index contributed by atoms with van der Waals surface area (Å²) in [5, 5.41) is 4.98. The summed E-state index contributed by atoms with van der Waals surface area (Å²) in [6, 6.07) is 5.68. The summed E-state index contributed by atoms with van der Waals surface area (Å²) in [4.78, 5) is 0. The molecular formula is C15H23Cl2NO. The van der Waals surface area contributed by atoms with Gasteiger partial charge in [0.15, 0.2) is 0 Å². The molecule has 0 saturated heterocycles. The van der Waals surface area contributed by atoms with Crippen LogP contribution in [0.2, 0.25) is 10.0 Å². The molecule has 0 spiro atoms. The zero-order valence-electron chi connectivity index (χ0n) is 11.7. The molecule has 0 fully saturated rings. The predicted octanol–water partition coefficient (Wildman–Crippen LogP) is 4.19. The Hall–Kier alpha value is -0.280. The van der Waals surface area contributed by atoms with Crippen molar-refractivity contribution in [2.24, 2.45) is 5.92 Å². The average Bonchev–Trinajstić information content (AvgIpc) is 2.39. The van der Waals surface area contributed by atoms with Gasteiger partial charge in [-0.2, -0.15) is 0 Å². The highest BCUT2D eigenvalue weighted by molar-refractivity contribution is 6.33. The van der Waals surface area contributed by atoms with Crippen molar-refractivity contribution in [3.05, 3.63) is 33.8 Å². The van der Waals surface area contributed by atoms with Crippen molar-refractivity contribution in [3.8, 4) is 0 Å². The van der Waals surface area contributed by atoms with E-state index >= 15 is 0 Å². The zero-order valence-corrected chi connectivity index (χ0v) is 13.2. The molecule has 0 amide bonds. The fraction of sp³-hybridized carbons (Fsp3) is 0.600. The molecule has 0 heterocycles. The van der Waals surface area contributed by atoms with Crippen LogP contribution in [0.4, 0.5) is 0 Å². The van der Waals surface area contributed by atoms with Crippen LogP contribution in [-0.4, -0.2) is 26.8 Å². The highest BCUT2D eigenvalue weighted by Crippen LogP contribution is 2.24. The molecule has 0 saturated carbocycles. The van der Waals surface area contributed by atoms with Gasteiger partial charge < -0.3 is 10.1 Å². The number of benzene rings is 1. The number of hydrogen-bond acceptors (Lipinski definition) is 2. The summed E-state index contributed by atoms with van der Waals surface area (Å²) in [6.45, 7) is 4.83. The Kier molecular flexibility index (Phi) is 8.47. The summed E-state index contributed by atoms with van der Waals surface area (Å²) in [7, 11) is 1.72. The molecule has 2 nitrogen and oxygen atoms in total. The third-order valence-corrected chi connectivity index (χ3v) is 3.73. The van der Waals surface area contributed by atoms with Crippen molar-refractivity contribution < 1.29 is 4.74 Å². The van der Waals surface area contributed by atoms with Gasteiger partial charge in [0.1, 0.15) is 0 Å². The molecular weight excluding hydrogens is 281 g/mol. The standard InChI is InChI=1S/C15H23Cl2NO/c1-3-4-12(11-18-7-8-19-2)9-13-10-14(16)5-6-15(13)17/h5-6,10,12,18H,3-4,7-9,11H2,1-2H3. The van der Waals surface area contributed by atoms with Gasteiger partial charge in [0.05, 0.1) is 6.61 Å². The maximum atomic E-state index is 6.23. The van der Waals surface area contributed by atoms with Gasteiger partial charge in [-0.25, -0.2) is 0 Å². The second kappa shape index (κ2) is 9.60. The fourth-order valence-corrected chi connectivity index (χ4v) is 2.57. The maximum absolute atomic E-state index is 6.23. The molecule has 1 unspecified atom stereocenters. The first-order valence-corrected chi connectivity index (χ1v) is 7.56. The monoisotopic (exact) mass is 303 g/mol. The molecule has 0 radical (unpaired) electrons. The van der Waals surface area contributed by atoms with Crippen LogP contribution in [-0.2, 0) is 11.2 Å². The summed E-state index contributed by atoms with van der Waals surface area (Å²) in [5.74, 6) is 0.581. The second-order valence-corrected chi connectivity index (χ2v) is 5.64. The van der Waals surface area contributed by atoms with E-state index in [0.29, 0.717) is 5.92 Å². The van der Waals surface area contributed by atoms with Gasteiger partial charge >= 0.3 is 0 Å². The van der Waals surface area contributed by atoms with Crippen molar-refractivity contribution in [2.45, 2.75) is 26.2 Å². The van der Waals surface area contributed by atoms with E-state index in [0.717, 1.165) is 41.7 Å². The molecule has 0 aromatic heterocycles. The zero-order chi connectivity index (χ0) is 14.1. The Labute approximate surface area is 126 Å². The van der Waals surface area contributed by atoms with E-state index in [1.807, 2.05) is 18.2 Å². The predicted molar refractivity (Wildman–Crippen MR) is 83.3 cm³/mol. The lowest BCUT2D eigenvalue weighted by Crippen LogP contribution is -2.27. The van der Waals surface area contributed by atoms with Crippen molar-refractivity contribution in [2.75, 3.05) is 26.8 Å². The summed E-state index contributed by atoms with van der Waals surface area (Å²) in [6.07, 6.45) is 3.32. The Balaban J connectivity index is 2.54. The molecule has 0 bridgehead atoms. The molecule has 1 atom stereocenters. The number of nitrogens with one attached hydrogen (secondary N) is 1. The van der Waals surface area contributed by atoms with E-state index < -0.39 is 0 Å². The van der Waals surface area contributed by atoms with Crippen LogP contribution in [0, 0.1) is 5.92 Å². The van der Waals surface area contributed by atoms with Gasteiger partial charge in [0.25, 0.3) is 0 Å². The highest BCUT2D eigenvalue weighted by Gasteiger charge is 2.11. The minimum absolute atomic E-state index is 0.581. The number of ether oxygens (including phenoxy) is 1. The lowest BCUT2D eigenvalue weighted by atomic mass is 9.95. The van der Waals surface area contributed by atoms with Gasteiger partial charge in [-0.1, -0.05) is 36.5 Å². The Morgan fingerprint density at radius 3 is 2.79 bits per heavy atom. The normalized spacial score (nSPS) is 12.6. The van der Waals surface area contributed by atoms with E-state index in [9.17, 15) is 0 Å². The molecule has 0 aliphatic rings. The third kappa shape index (κ3) is 6.62. The van der Waals surface area contributed by atoms with Crippen LogP contribution in [0.1, 0.15) is 25.3 Å². The van der Waals surface area contributed by atoms with Gasteiger partial charge in [-0.3, -0.25) is 0 Å². The van der Waals surface area contributed by atoms with Gasteiger partial charge in [0, 0.05) is 23.7 Å². The minimum Gasteiger partial charge on any atom is -0.383 e. The first-order chi connectivity index (χ1) is 9.17. The number of rotatable bonds is 9. The van der Waals surface area contributed by atoms with E-state index in [4.69, 9.17) is 27.9 Å². The minimum atomic E-state index is 0.581. The number of methoxy groups -OCH3 is 1. The van der Waals surface area contributed by atoms with Crippen molar-refractivity contribution in [1.82, 2.24) is 5.32 Å². The van der Waals surface area contributed by atoms with Crippen LogP contribution in [0.25, 0.3) is 0 Å². The summed E-state index contributed by atoms with van der Waals surface area (Å²) < 4.78 is 5.04. The van der Waals surface area contributed by atoms with Crippen LogP contribution in [0.15, 0.2) is 18.2 Å². The molecule has 1 aromatic carbocycles. The summed E-state index contributed by atoms with van der Waals surface area (Å²) >= 11 is 12.3. The van der Waals surface area contributed by atoms with Gasteiger partial charge in [-0.05, 0) is 49.1 Å². The van der Waals surface area contributed by atoms with Crippen LogP contribution >= 0.6 is 23.2 Å². The van der Waals surface area contributed by atoms with Crippen LogP contribution in [0.3, 0.4) is 0 Å². The third-order valence-electron chi connectivity index (χ3n) is 3.13. The molecule has 0 aliphatic heterocycles. The Morgan fingerprint density at radius 1 is 1.32 bits per heavy atom. The molecule has 108 valence electrons. The smallest absolute Gasteiger partial charge is 0.0587 e. The van der Waals surface area contributed by atoms with Gasteiger partial charge in [-0.15, -0.1) is 0 Å². The molecule has 0 aliphatic carbocycles. The number of hydrogen-bond donors (Lipinski definition) is 1. The first-order valence-electron chi connectivity index (χ1n) is 6.81. The molecule has 1 aromatic rings. The van der Waals surface area contributed by atoms with Crippen molar-refractivity contribution in [1.29, 1.82) is 0 Å². The quantitative estimate of drug-likeness (QED) is 0.691. The second-order valence-electron chi connectivity index (χ2n) is 4.79. The van der Waals surface area contributed by atoms with Crippen molar-refractivity contribution in [3.63, 3.8) is 0 Å². The number of halogens is 2. The highest BCUT2D eigenvalue weighted by atomic mass is 35.5. The van der Waals surface area contributed by atoms with Crippen molar-refractivity contribution >= 4 is 23.2 Å². The summed E-state index contributed by atoms with van der Waals surface area (Å²) in [5.41, 5.74) is 1.14. The SMILES string of the molecule is CCCC(CNCCOC)Cc1cc(Cl)ccc1Cl. The molecule has 4 heteroatoms. The molecule has 19 heavy (non-hydrogen) atoms. The topological polar surface area (TPSA) is 21.3 Å². The Bertz CT molecular complexity index is 371. The molecule has 1 rings (SSSR count). The van der Waals surface area contributed by atoms with E-state index in [-0.39, 0.29) is 0 Å². The Morgan fingerprint density at radius 2 is 2.11 bits per heavy atom. The van der Waals surface area contributed by atoms with Crippen LogP contribution in [0.5, 0.6) is 0 Å². The van der Waals surface area contributed by atoms with E-state index in [1.165, 1.54) is 12.8 Å². The van der Waals surface area contributed by atoms with Crippen LogP contribution < -0.4 is 5.32 Å². The van der Waals surface area contributed by atoms with E-state index in [2.05, 4.69) is 12.2 Å². The fourth-order valence-electron chi connectivity index (χ4n) is 2.18. The van der Waals surface area contributed by atoms with Gasteiger partial charge in [0.2, 0.25) is 0 Å². The largest absolute Gasteiger partial charge is 0.383 e. The average molecular weight is 304 g/mol. The molecule has 1 N–H and O–H groups in total. The lowest BCUT2D eigenvalue weighted by molar-refractivity contribution is 0.197. The lowest BCUT2D eigenvalue weighted by Gasteiger charge is -2.18.